The van der Waals surface area contributed by atoms with Gasteiger partial charge in [0.2, 0.25) is 0 Å². The van der Waals surface area contributed by atoms with Crippen LogP contribution in [0.3, 0.4) is 0 Å². The van der Waals surface area contributed by atoms with Crippen LogP contribution in [0.4, 0.5) is 0 Å². The van der Waals surface area contributed by atoms with E-state index < -0.39 is 0 Å². The molecule has 0 fully saturated rings. The average molecular weight is 235 g/mol. The Morgan fingerprint density at radius 2 is 1.71 bits per heavy atom. The van der Waals surface area contributed by atoms with Gasteiger partial charge in [0.25, 0.3) is 0 Å². The predicted octanol–water partition coefficient (Wildman–Crippen LogP) is 3.91. The molecule has 2 heteroatoms. The van der Waals surface area contributed by atoms with E-state index in [9.17, 15) is 0 Å². The summed E-state index contributed by atoms with van der Waals surface area (Å²) in [6.07, 6.45) is 2.39. The lowest BCUT2D eigenvalue weighted by molar-refractivity contribution is 0.236. The molecular formula is C15H25NO. The Bertz CT molecular complexity index is 331. The van der Waals surface area contributed by atoms with Crippen molar-refractivity contribution in [1.29, 1.82) is 0 Å². The minimum absolute atomic E-state index is 0.0694. The van der Waals surface area contributed by atoms with Crippen molar-refractivity contribution in [3.63, 3.8) is 0 Å². The van der Waals surface area contributed by atoms with Crippen LogP contribution in [-0.4, -0.2) is 6.10 Å². The second-order valence-corrected chi connectivity index (χ2v) is 4.81. The molecule has 1 rings (SSSR count). The number of nitrogens with two attached hydrogens (primary N) is 1. The van der Waals surface area contributed by atoms with Gasteiger partial charge in [-0.2, -0.15) is 0 Å². The molecule has 0 aromatic heterocycles. The minimum Gasteiger partial charge on any atom is -0.491 e. The van der Waals surface area contributed by atoms with Gasteiger partial charge in [-0.25, -0.2) is 0 Å². The summed E-state index contributed by atoms with van der Waals surface area (Å²) in [5.41, 5.74) is 7.49. The third kappa shape index (κ3) is 3.74. The normalized spacial score (nSPS) is 13.1. The van der Waals surface area contributed by atoms with Gasteiger partial charge in [-0.05, 0) is 25.8 Å². The number of hydrogen-bond donors (Lipinski definition) is 1. The zero-order chi connectivity index (χ0) is 12.8. The standard InChI is InChI=1S/C15H25NO/c1-5-12(6-2)15(16)13-9-7-8-10-14(13)17-11(3)4/h7-12,15H,5-6,16H2,1-4H3. The zero-order valence-corrected chi connectivity index (χ0v) is 11.4. The summed E-state index contributed by atoms with van der Waals surface area (Å²) >= 11 is 0. The van der Waals surface area contributed by atoms with Gasteiger partial charge in [0.1, 0.15) is 5.75 Å². The van der Waals surface area contributed by atoms with Crippen molar-refractivity contribution in [3.05, 3.63) is 29.8 Å². The molecule has 0 saturated carbocycles. The molecule has 0 aliphatic carbocycles. The molecule has 0 amide bonds. The highest BCUT2D eigenvalue weighted by molar-refractivity contribution is 5.36. The first-order chi connectivity index (χ1) is 8.10. The largest absolute Gasteiger partial charge is 0.491 e. The first-order valence-corrected chi connectivity index (χ1v) is 6.61. The highest BCUT2D eigenvalue weighted by atomic mass is 16.5. The summed E-state index contributed by atoms with van der Waals surface area (Å²) in [5.74, 6) is 1.45. The molecule has 96 valence electrons. The molecule has 2 nitrogen and oxygen atoms in total. The number of benzene rings is 1. The quantitative estimate of drug-likeness (QED) is 0.811. The van der Waals surface area contributed by atoms with Crippen LogP contribution in [0.15, 0.2) is 24.3 Å². The maximum Gasteiger partial charge on any atom is 0.124 e. The van der Waals surface area contributed by atoms with E-state index in [0.29, 0.717) is 5.92 Å². The van der Waals surface area contributed by atoms with Crippen LogP contribution in [0, 0.1) is 5.92 Å². The van der Waals surface area contributed by atoms with Crippen LogP contribution in [0.2, 0.25) is 0 Å². The second-order valence-electron chi connectivity index (χ2n) is 4.81. The van der Waals surface area contributed by atoms with Crippen LogP contribution in [-0.2, 0) is 0 Å². The van der Waals surface area contributed by atoms with E-state index in [-0.39, 0.29) is 12.1 Å². The van der Waals surface area contributed by atoms with E-state index in [1.165, 1.54) is 0 Å². The monoisotopic (exact) mass is 235 g/mol. The highest BCUT2D eigenvalue weighted by Gasteiger charge is 2.19. The molecule has 1 atom stereocenters. The van der Waals surface area contributed by atoms with Crippen molar-refractivity contribution < 1.29 is 4.74 Å². The first kappa shape index (κ1) is 14.0. The lowest BCUT2D eigenvalue weighted by atomic mass is 9.89. The third-order valence-corrected chi connectivity index (χ3v) is 3.20. The summed E-state index contributed by atoms with van der Waals surface area (Å²) < 4.78 is 5.83. The fraction of sp³-hybridized carbons (Fsp3) is 0.600. The van der Waals surface area contributed by atoms with E-state index in [1.54, 1.807) is 0 Å². The molecule has 2 N–H and O–H groups in total. The Morgan fingerprint density at radius 3 is 2.24 bits per heavy atom. The number of hydrogen-bond acceptors (Lipinski definition) is 2. The van der Waals surface area contributed by atoms with Crippen molar-refractivity contribution >= 4 is 0 Å². The van der Waals surface area contributed by atoms with Crippen LogP contribution in [0.1, 0.15) is 52.1 Å². The minimum atomic E-state index is 0.0694. The van der Waals surface area contributed by atoms with Crippen molar-refractivity contribution in [2.24, 2.45) is 11.7 Å². The molecule has 17 heavy (non-hydrogen) atoms. The van der Waals surface area contributed by atoms with Gasteiger partial charge < -0.3 is 10.5 Å². The van der Waals surface area contributed by atoms with Crippen LogP contribution < -0.4 is 10.5 Å². The average Bonchev–Trinajstić information content (AvgIpc) is 2.30. The molecule has 0 aliphatic rings. The fourth-order valence-electron chi connectivity index (χ4n) is 2.17. The Hall–Kier alpha value is -1.02. The van der Waals surface area contributed by atoms with E-state index in [0.717, 1.165) is 24.2 Å². The van der Waals surface area contributed by atoms with Gasteiger partial charge in [-0.3, -0.25) is 0 Å². The molecule has 0 bridgehead atoms. The number of para-hydroxylation sites is 1. The van der Waals surface area contributed by atoms with Gasteiger partial charge in [0.05, 0.1) is 6.10 Å². The fourth-order valence-corrected chi connectivity index (χ4v) is 2.17. The summed E-state index contributed by atoms with van der Waals surface area (Å²) in [4.78, 5) is 0. The number of rotatable bonds is 6. The summed E-state index contributed by atoms with van der Waals surface area (Å²) in [7, 11) is 0. The molecule has 0 spiro atoms. The predicted molar refractivity (Wildman–Crippen MR) is 73.2 cm³/mol. The van der Waals surface area contributed by atoms with Gasteiger partial charge >= 0.3 is 0 Å². The Morgan fingerprint density at radius 1 is 1.12 bits per heavy atom. The van der Waals surface area contributed by atoms with Gasteiger partial charge in [0.15, 0.2) is 0 Å². The molecular weight excluding hydrogens is 210 g/mol. The molecule has 0 aliphatic heterocycles. The van der Waals surface area contributed by atoms with Gasteiger partial charge in [0, 0.05) is 11.6 Å². The third-order valence-electron chi connectivity index (χ3n) is 3.20. The molecule has 0 heterocycles. The van der Waals surface area contributed by atoms with E-state index in [1.807, 2.05) is 32.0 Å². The van der Waals surface area contributed by atoms with Crippen molar-refractivity contribution in [1.82, 2.24) is 0 Å². The molecule has 0 saturated heterocycles. The maximum absolute atomic E-state index is 6.36. The van der Waals surface area contributed by atoms with Gasteiger partial charge in [-0.1, -0.05) is 44.9 Å². The van der Waals surface area contributed by atoms with Crippen LogP contribution in [0.25, 0.3) is 0 Å². The molecule has 1 aromatic rings. The Balaban J connectivity index is 2.95. The van der Waals surface area contributed by atoms with Crippen LogP contribution in [0.5, 0.6) is 5.75 Å². The Labute approximate surface area is 105 Å². The number of ether oxygens (including phenoxy) is 1. The zero-order valence-electron chi connectivity index (χ0n) is 11.4. The smallest absolute Gasteiger partial charge is 0.124 e. The first-order valence-electron chi connectivity index (χ1n) is 6.61. The second kappa shape index (κ2) is 6.65. The summed E-state index contributed by atoms with van der Waals surface area (Å²) in [6, 6.07) is 8.20. The molecule has 1 unspecified atom stereocenters. The van der Waals surface area contributed by atoms with Crippen LogP contribution >= 0.6 is 0 Å². The van der Waals surface area contributed by atoms with E-state index in [2.05, 4.69) is 19.9 Å². The maximum atomic E-state index is 6.36. The lowest BCUT2D eigenvalue weighted by Crippen LogP contribution is -2.22. The molecule has 0 radical (unpaired) electrons. The summed E-state index contributed by atoms with van der Waals surface area (Å²) in [5, 5.41) is 0. The molecule has 1 aromatic carbocycles. The van der Waals surface area contributed by atoms with Crippen molar-refractivity contribution in [2.75, 3.05) is 0 Å². The van der Waals surface area contributed by atoms with E-state index >= 15 is 0 Å². The lowest BCUT2D eigenvalue weighted by Gasteiger charge is -2.24. The highest BCUT2D eigenvalue weighted by Crippen LogP contribution is 2.31. The topological polar surface area (TPSA) is 35.2 Å². The SMILES string of the molecule is CCC(CC)C(N)c1ccccc1OC(C)C. The summed E-state index contributed by atoms with van der Waals surface area (Å²) in [6.45, 7) is 8.47. The Kier molecular flexibility index (Phi) is 5.49. The van der Waals surface area contributed by atoms with E-state index in [4.69, 9.17) is 10.5 Å². The van der Waals surface area contributed by atoms with Crippen molar-refractivity contribution in [2.45, 2.75) is 52.7 Å². The van der Waals surface area contributed by atoms with Gasteiger partial charge in [-0.15, -0.1) is 0 Å². The van der Waals surface area contributed by atoms with Crippen molar-refractivity contribution in [3.8, 4) is 5.75 Å².